The van der Waals surface area contributed by atoms with E-state index < -0.39 is 0 Å². The molecular formula is C8H6N4O. The van der Waals surface area contributed by atoms with Gasteiger partial charge in [0.15, 0.2) is 0 Å². The number of fused-ring (bicyclic) bond motifs is 1. The summed E-state index contributed by atoms with van der Waals surface area (Å²) >= 11 is 0. The van der Waals surface area contributed by atoms with Crippen LogP contribution in [0, 0.1) is 4.91 Å². The van der Waals surface area contributed by atoms with Crippen LogP contribution in [-0.4, -0.2) is 9.97 Å². The van der Waals surface area contributed by atoms with Crippen LogP contribution < -0.4 is 5.73 Å². The molecule has 2 aromatic rings. The summed E-state index contributed by atoms with van der Waals surface area (Å²) in [5.41, 5.74) is 6.78. The zero-order chi connectivity index (χ0) is 9.26. The van der Waals surface area contributed by atoms with Crippen molar-refractivity contribution in [3.8, 4) is 0 Å². The average Bonchev–Trinajstić information content (AvgIpc) is 2.17. The fourth-order valence-electron chi connectivity index (χ4n) is 1.13. The largest absolute Gasteiger partial charge is 0.399 e. The first-order valence-corrected chi connectivity index (χ1v) is 3.65. The SMILES string of the molecule is Nc1ccc2ncnc(N=O)c2c1. The second-order valence-corrected chi connectivity index (χ2v) is 2.57. The standard InChI is InChI=1S/C8H6N4O/c9-5-1-2-7-6(3-5)8(12-13)11-4-10-7/h1-4H,9H2. The molecule has 13 heavy (non-hydrogen) atoms. The maximum absolute atomic E-state index is 10.4. The summed E-state index contributed by atoms with van der Waals surface area (Å²) in [6.07, 6.45) is 1.30. The predicted molar refractivity (Wildman–Crippen MR) is 49.4 cm³/mol. The Morgan fingerprint density at radius 2 is 2.15 bits per heavy atom. The van der Waals surface area contributed by atoms with Crippen LogP contribution >= 0.6 is 0 Å². The molecule has 0 saturated heterocycles. The summed E-state index contributed by atoms with van der Waals surface area (Å²) in [7, 11) is 0. The number of aromatic nitrogens is 2. The predicted octanol–water partition coefficient (Wildman–Crippen LogP) is 1.61. The molecule has 0 radical (unpaired) electrons. The molecule has 0 atom stereocenters. The fourth-order valence-corrected chi connectivity index (χ4v) is 1.13. The lowest BCUT2D eigenvalue weighted by atomic mass is 10.2. The van der Waals surface area contributed by atoms with Crippen molar-refractivity contribution in [2.75, 3.05) is 5.73 Å². The van der Waals surface area contributed by atoms with Gasteiger partial charge in [-0.05, 0) is 23.4 Å². The molecule has 0 spiro atoms. The minimum atomic E-state index is 0.123. The molecule has 0 amide bonds. The van der Waals surface area contributed by atoms with Crippen molar-refractivity contribution in [1.29, 1.82) is 0 Å². The third-order valence-electron chi connectivity index (χ3n) is 1.72. The molecule has 0 bridgehead atoms. The van der Waals surface area contributed by atoms with E-state index in [2.05, 4.69) is 15.1 Å². The van der Waals surface area contributed by atoms with Crippen molar-refractivity contribution in [1.82, 2.24) is 9.97 Å². The molecule has 0 aliphatic rings. The molecule has 1 aromatic heterocycles. The molecule has 0 unspecified atom stereocenters. The summed E-state index contributed by atoms with van der Waals surface area (Å²) in [5, 5.41) is 3.36. The summed E-state index contributed by atoms with van der Waals surface area (Å²) < 4.78 is 0. The van der Waals surface area contributed by atoms with Gasteiger partial charge in [-0.1, -0.05) is 0 Å². The van der Waals surface area contributed by atoms with Crippen molar-refractivity contribution in [3.05, 3.63) is 29.4 Å². The van der Waals surface area contributed by atoms with Gasteiger partial charge in [0.25, 0.3) is 0 Å². The van der Waals surface area contributed by atoms with Gasteiger partial charge in [0.2, 0.25) is 5.82 Å². The summed E-state index contributed by atoms with van der Waals surface area (Å²) in [6, 6.07) is 5.07. The molecular weight excluding hydrogens is 168 g/mol. The number of hydrogen-bond acceptors (Lipinski definition) is 5. The first-order valence-electron chi connectivity index (χ1n) is 3.65. The molecule has 1 aromatic carbocycles. The Bertz CT molecular complexity index is 469. The Hall–Kier alpha value is -2.04. The normalized spacial score (nSPS) is 10.2. The summed E-state index contributed by atoms with van der Waals surface area (Å²) in [5.74, 6) is 0.123. The molecule has 5 nitrogen and oxygen atoms in total. The van der Waals surface area contributed by atoms with Crippen LogP contribution in [-0.2, 0) is 0 Å². The quantitative estimate of drug-likeness (QED) is 0.526. The van der Waals surface area contributed by atoms with Gasteiger partial charge in [0.05, 0.1) is 10.9 Å². The van der Waals surface area contributed by atoms with Crippen molar-refractivity contribution < 1.29 is 0 Å². The Kier molecular flexibility index (Phi) is 1.63. The van der Waals surface area contributed by atoms with Crippen LogP contribution in [0.2, 0.25) is 0 Å². The molecule has 0 aliphatic heterocycles. The number of anilines is 1. The first-order chi connectivity index (χ1) is 6.31. The lowest BCUT2D eigenvalue weighted by Gasteiger charge is -1.98. The molecule has 1 heterocycles. The Balaban J connectivity index is 2.86. The molecule has 2 N–H and O–H groups in total. The summed E-state index contributed by atoms with van der Waals surface area (Å²) in [4.78, 5) is 18.0. The van der Waals surface area contributed by atoms with Gasteiger partial charge in [-0.3, -0.25) is 0 Å². The van der Waals surface area contributed by atoms with E-state index in [1.807, 2.05) is 0 Å². The van der Waals surface area contributed by atoms with Crippen LogP contribution in [0.4, 0.5) is 11.5 Å². The Labute approximate surface area is 73.6 Å². The van der Waals surface area contributed by atoms with Gasteiger partial charge in [0.1, 0.15) is 6.33 Å². The van der Waals surface area contributed by atoms with Gasteiger partial charge in [-0.15, -0.1) is 4.91 Å². The van der Waals surface area contributed by atoms with E-state index in [1.54, 1.807) is 18.2 Å². The Morgan fingerprint density at radius 1 is 1.31 bits per heavy atom. The lowest BCUT2D eigenvalue weighted by Crippen LogP contribution is -1.87. The van der Waals surface area contributed by atoms with Crippen molar-refractivity contribution in [2.24, 2.45) is 5.18 Å². The highest BCUT2D eigenvalue weighted by molar-refractivity contribution is 5.89. The molecule has 64 valence electrons. The van der Waals surface area contributed by atoms with E-state index in [0.29, 0.717) is 16.6 Å². The zero-order valence-electron chi connectivity index (χ0n) is 6.64. The van der Waals surface area contributed by atoms with Crippen molar-refractivity contribution >= 4 is 22.4 Å². The van der Waals surface area contributed by atoms with Crippen LogP contribution in [0.15, 0.2) is 29.7 Å². The number of benzene rings is 1. The van der Waals surface area contributed by atoms with Crippen molar-refractivity contribution in [3.63, 3.8) is 0 Å². The number of nitrogen functional groups attached to an aromatic ring is 1. The lowest BCUT2D eigenvalue weighted by molar-refractivity contribution is 1.20. The minimum absolute atomic E-state index is 0.123. The van der Waals surface area contributed by atoms with E-state index >= 15 is 0 Å². The zero-order valence-corrected chi connectivity index (χ0v) is 6.64. The van der Waals surface area contributed by atoms with Gasteiger partial charge in [-0.2, -0.15) is 0 Å². The maximum atomic E-state index is 10.4. The molecule has 0 saturated carbocycles. The topological polar surface area (TPSA) is 81.2 Å². The highest BCUT2D eigenvalue weighted by Gasteiger charge is 2.02. The smallest absolute Gasteiger partial charge is 0.207 e. The number of hydrogen-bond donors (Lipinski definition) is 1. The fraction of sp³-hybridized carbons (Fsp3) is 0. The van der Waals surface area contributed by atoms with E-state index in [-0.39, 0.29) is 5.82 Å². The molecule has 0 aliphatic carbocycles. The highest BCUT2D eigenvalue weighted by atomic mass is 16.3. The highest BCUT2D eigenvalue weighted by Crippen LogP contribution is 2.23. The maximum Gasteiger partial charge on any atom is 0.207 e. The van der Waals surface area contributed by atoms with Crippen molar-refractivity contribution in [2.45, 2.75) is 0 Å². The second kappa shape index (κ2) is 2.78. The number of nitrogens with zero attached hydrogens (tertiary/aromatic N) is 3. The summed E-state index contributed by atoms with van der Waals surface area (Å²) in [6.45, 7) is 0. The van der Waals surface area contributed by atoms with E-state index in [9.17, 15) is 4.91 Å². The van der Waals surface area contributed by atoms with Crippen LogP contribution in [0.1, 0.15) is 0 Å². The van der Waals surface area contributed by atoms with Gasteiger partial charge < -0.3 is 5.73 Å². The van der Waals surface area contributed by atoms with Crippen LogP contribution in [0.5, 0.6) is 0 Å². The second-order valence-electron chi connectivity index (χ2n) is 2.57. The first kappa shape index (κ1) is 7.60. The molecule has 0 fully saturated rings. The average molecular weight is 174 g/mol. The van der Waals surface area contributed by atoms with Crippen LogP contribution in [0.25, 0.3) is 10.9 Å². The molecule has 5 heteroatoms. The van der Waals surface area contributed by atoms with E-state index in [1.165, 1.54) is 6.33 Å². The number of nitroso groups, excluding NO2 is 1. The van der Waals surface area contributed by atoms with Gasteiger partial charge >= 0.3 is 0 Å². The molecule has 2 rings (SSSR count). The van der Waals surface area contributed by atoms with E-state index in [4.69, 9.17) is 5.73 Å². The van der Waals surface area contributed by atoms with E-state index in [0.717, 1.165) is 0 Å². The van der Waals surface area contributed by atoms with Crippen LogP contribution in [0.3, 0.4) is 0 Å². The Morgan fingerprint density at radius 3 is 2.92 bits per heavy atom. The third kappa shape index (κ3) is 1.20. The van der Waals surface area contributed by atoms with Gasteiger partial charge in [-0.25, -0.2) is 9.97 Å². The van der Waals surface area contributed by atoms with Gasteiger partial charge in [0, 0.05) is 5.69 Å². The minimum Gasteiger partial charge on any atom is -0.399 e. The number of nitrogens with two attached hydrogens (primary N) is 1. The number of rotatable bonds is 1. The monoisotopic (exact) mass is 174 g/mol. The third-order valence-corrected chi connectivity index (χ3v) is 1.72.